The molecule has 2 rings (SSSR count). The zero-order chi connectivity index (χ0) is 17.7. The topological polar surface area (TPSA) is 49.9 Å². The Morgan fingerprint density at radius 1 is 1.29 bits per heavy atom. The molecule has 0 radical (unpaired) electrons. The van der Waals surface area contributed by atoms with Crippen LogP contribution in [0.3, 0.4) is 0 Å². The molecule has 2 amide bonds. The predicted molar refractivity (Wildman–Crippen MR) is 94.1 cm³/mol. The second-order valence-electron chi connectivity index (χ2n) is 6.91. The first-order chi connectivity index (χ1) is 11.4. The maximum absolute atomic E-state index is 12.9. The van der Waals surface area contributed by atoms with Crippen molar-refractivity contribution in [2.75, 3.05) is 27.2 Å². The van der Waals surface area contributed by atoms with Crippen LogP contribution in [0, 0.1) is 5.92 Å². The molecular formula is C19H28N2O3. The Morgan fingerprint density at radius 3 is 2.71 bits per heavy atom. The number of amides is 2. The summed E-state index contributed by atoms with van der Waals surface area (Å²) in [5, 5.41) is 0. The summed E-state index contributed by atoms with van der Waals surface area (Å²) < 4.78 is 5.52. The largest absolute Gasteiger partial charge is 0.484 e. The summed E-state index contributed by atoms with van der Waals surface area (Å²) in [4.78, 5) is 28.0. The van der Waals surface area contributed by atoms with Gasteiger partial charge in [-0.2, -0.15) is 0 Å². The maximum atomic E-state index is 12.9. The lowest BCUT2D eigenvalue weighted by Gasteiger charge is -2.38. The maximum Gasteiger partial charge on any atom is 0.259 e. The molecule has 0 N–H and O–H groups in total. The van der Waals surface area contributed by atoms with Crippen molar-refractivity contribution in [1.82, 2.24) is 9.80 Å². The van der Waals surface area contributed by atoms with Gasteiger partial charge in [-0.15, -0.1) is 0 Å². The number of carbonyl (C=O) groups is 2. The Balaban J connectivity index is 2.09. The zero-order valence-electron chi connectivity index (χ0n) is 15.1. The van der Waals surface area contributed by atoms with Gasteiger partial charge in [0.25, 0.3) is 11.8 Å². The number of rotatable bonds is 5. The molecule has 0 saturated carbocycles. The van der Waals surface area contributed by atoms with E-state index in [1.54, 1.807) is 32.3 Å². The number of carbonyl (C=O) groups excluding carboxylic acids is 2. The summed E-state index contributed by atoms with van der Waals surface area (Å²) in [6, 6.07) is 7.42. The molecule has 5 heteroatoms. The van der Waals surface area contributed by atoms with Crippen LogP contribution < -0.4 is 4.74 Å². The second kappa shape index (κ2) is 8.18. The van der Waals surface area contributed by atoms with Crippen LogP contribution in [-0.2, 0) is 4.79 Å². The highest BCUT2D eigenvalue weighted by atomic mass is 16.5. The molecule has 1 aliphatic rings. The lowest BCUT2D eigenvalue weighted by molar-refractivity contribution is -0.130. The SMILES string of the molecule is CC(C)C1CCCCN1C(=O)c1cccc(OCC(=O)N(C)C)c1. The van der Waals surface area contributed by atoms with Crippen molar-refractivity contribution < 1.29 is 14.3 Å². The van der Waals surface area contributed by atoms with E-state index in [9.17, 15) is 9.59 Å². The normalized spacial score (nSPS) is 17.7. The molecule has 1 fully saturated rings. The number of hydrogen-bond donors (Lipinski definition) is 0. The number of nitrogens with zero attached hydrogens (tertiary/aromatic N) is 2. The first kappa shape index (κ1) is 18.3. The molecule has 1 aromatic rings. The minimum atomic E-state index is -0.109. The number of benzene rings is 1. The number of likely N-dealkylation sites (tertiary alicyclic amines) is 1. The molecule has 0 aliphatic carbocycles. The first-order valence-corrected chi connectivity index (χ1v) is 8.64. The molecule has 0 bridgehead atoms. The van der Waals surface area contributed by atoms with E-state index in [1.165, 1.54) is 11.3 Å². The number of piperidine rings is 1. The van der Waals surface area contributed by atoms with Gasteiger partial charge in [0.15, 0.2) is 6.61 Å². The molecule has 24 heavy (non-hydrogen) atoms. The standard InChI is InChI=1S/C19H28N2O3/c1-14(2)17-10-5-6-11-21(17)19(23)15-8-7-9-16(12-15)24-13-18(22)20(3)4/h7-9,12,14,17H,5-6,10-11,13H2,1-4H3. The molecule has 5 nitrogen and oxygen atoms in total. The van der Waals surface area contributed by atoms with Gasteiger partial charge in [0.2, 0.25) is 0 Å². The average Bonchev–Trinajstić information content (AvgIpc) is 2.59. The van der Waals surface area contributed by atoms with Crippen LogP contribution in [0.5, 0.6) is 5.75 Å². The molecule has 1 atom stereocenters. The number of ether oxygens (including phenoxy) is 1. The minimum absolute atomic E-state index is 0.0248. The van der Waals surface area contributed by atoms with Crippen LogP contribution in [0.4, 0.5) is 0 Å². The Labute approximate surface area is 144 Å². The molecule has 0 aromatic heterocycles. The van der Waals surface area contributed by atoms with E-state index < -0.39 is 0 Å². The molecule has 1 saturated heterocycles. The van der Waals surface area contributed by atoms with E-state index in [0.29, 0.717) is 23.3 Å². The van der Waals surface area contributed by atoms with E-state index in [-0.39, 0.29) is 18.4 Å². The smallest absolute Gasteiger partial charge is 0.259 e. The molecular weight excluding hydrogens is 304 g/mol. The molecule has 0 spiro atoms. The van der Waals surface area contributed by atoms with Gasteiger partial charge in [0.1, 0.15) is 5.75 Å². The highest BCUT2D eigenvalue weighted by molar-refractivity contribution is 5.95. The number of hydrogen-bond acceptors (Lipinski definition) is 3. The third-order valence-electron chi connectivity index (χ3n) is 4.52. The van der Waals surface area contributed by atoms with Crippen molar-refractivity contribution in [1.29, 1.82) is 0 Å². The van der Waals surface area contributed by atoms with Gasteiger partial charge in [-0.3, -0.25) is 9.59 Å². The van der Waals surface area contributed by atoms with Gasteiger partial charge >= 0.3 is 0 Å². The molecule has 1 heterocycles. The summed E-state index contributed by atoms with van der Waals surface area (Å²) >= 11 is 0. The van der Waals surface area contributed by atoms with Crippen LogP contribution in [0.15, 0.2) is 24.3 Å². The third kappa shape index (κ3) is 4.49. The Morgan fingerprint density at radius 2 is 2.04 bits per heavy atom. The molecule has 1 unspecified atom stereocenters. The average molecular weight is 332 g/mol. The van der Waals surface area contributed by atoms with E-state index in [4.69, 9.17) is 4.74 Å². The summed E-state index contributed by atoms with van der Waals surface area (Å²) in [6.45, 7) is 5.13. The van der Waals surface area contributed by atoms with E-state index in [1.807, 2.05) is 11.0 Å². The molecule has 132 valence electrons. The van der Waals surface area contributed by atoms with Gasteiger partial charge in [-0.05, 0) is 43.4 Å². The lowest BCUT2D eigenvalue weighted by Crippen LogP contribution is -2.46. The van der Waals surface area contributed by atoms with Crippen molar-refractivity contribution >= 4 is 11.8 Å². The fraction of sp³-hybridized carbons (Fsp3) is 0.579. The highest BCUT2D eigenvalue weighted by Crippen LogP contribution is 2.25. The summed E-state index contributed by atoms with van der Waals surface area (Å²) in [5.41, 5.74) is 0.623. The van der Waals surface area contributed by atoms with Gasteiger partial charge in [-0.25, -0.2) is 0 Å². The van der Waals surface area contributed by atoms with Crippen molar-refractivity contribution in [2.24, 2.45) is 5.92 Å². The van der Waals surface area contributed by atoms with Crippen LogP contribution in [0.2, 0.25) is 0 Å². The predicted octanol–water partition coefficient (Wildman–Crippen LogP) is 2.80. The summed E-state index contributed by atoms with van der Waals surface area (Å²) in [6.07, 6.45) is 3.31. The Kier molecular flexibility index (Phi) is 6.23. The van der Waals surface area contributed by atoms with Crippen LogP contribution in [0.25, 0.3) is 0 Å². The van der Waals surface area contributed by atoms with Gasteiger partial charge in [0.05, 0.1) is 0 Å². The monoisotopic (exact) mass is 332 g/mol. The first-order valence-electron chi connectivity index (χ1n) is 8.64. The van der Waals surface area contributed by atoms with Crippen LogP contribution in [0.1, 0.15) is 43.5 Å². The van der Waals surface area contributed by atoms with Crippen molar-refractivity contribution in [2.45, 2.75) is 39.2 Å². The quantitative estimate of drug-likeness (QED) is 0.833. The Hall–Kier alpha value is -2.04. The fourth-order valence-electron chi connectivity index (χ4n) is 3.06. The highest BCUT2D eigenvalue weighted by Gasteiger charge is 2.29. The van der Waals surface area contributed by atoms with Crippen LogP contribution in [-0.4, -0.2) is 54.9 Å². The van der Waals surface area contributed by atoms with Gasteiger partial charge < -0.3 is 14.5 Å². The Bertz CT molecular complexity index is 584. The van der Waals surface area contributed by atoms with Gasteiger partial charge in [-0.1, -0.05) is 19.9 Å². The molecule has 1 aromatic carbocycles. The van der Waals surface area contributed by atoms with E-state index in [2.05, 4.69) is 13.8 Å². The lowest BCUT2D eigenvalue weighted by atomic mass is 9.92. The molecule has 1 aliphatic heterocycles. The summed E-state index contributed by atoms with van der Waals surface area (Å²) in [5.74, 6) is 0.945. The third-order valence-corrected chi connectivity index (χ3v) is 4.52. The van der Waals surface area contributed by atoms with Crippen molar-refractivity contribution in [3.8, 4) is 5.75 Å². The van der Waals surface area contributed by atoms with E-state index >= 15 is 0 Å². The van der Waals surface area contributed by atoms with Crippen molar-refractivity contribution in [3.05, 3.63) is 29.8 Å². The van der Waals surface area contributed by atoms with Gasteiger partial charge in [0, 0.05) is 32.2 Å². The second-order valence-corrected chi connectivity index (χ2v) is 6.91. The van der Waals surface area contributed by atoms with E-state index in [0.717, 1.165) is 19.4 Å². The van der Waals surface area contributed by atoms with Crippen molar-refractivity contribution in [3.63, 3.8) is 0 Å². The number of likely N-dealkylation sites (N-methyl/N-ethyl adjacent to an activating group) is 1. The fourth-order valence-corrected chi connectivity index (χ4v) is 3.06. The van der Waals surface area contributed by atoms with Crippen LogP contribution >= 0.6 is 0 Å². The zero-order valence-corrected chi connectivity index (χ0v) is 15.1. The minimum Gasteiger partial charge on any atom is -0.484 e. The summed E-state index contributed by atoms with van der Waals surface area (Å²) in [7, 11) is 3.38.